The molecule has 0 bridgehead atoms. The third-order valence-corrected chi connectivity index (χ3v) is 8.84. The number of nitrogens with zero attached hydrogens (tertiary/aromatic N) is 2. The number of anilines is 1. The fourth-order valence-corrected chi connectivity index (χ4v) is 7.32. The summed E-state index contributed by atoms with van der Waals surface area (Å²) in [5.41, 5.74) is 6.93. The first-order valence-electron chi connectivity index (χ1n) is 13.0. The van der Waals surface area contributed by atoms with E-state index in [0.717, 1.165) is 28.6 Å². The minimum Gasteiger partial charge on any atom is -0.418 e. The van der Waals surface area contributed by atoms with Crippen LogP contribution in [0.2, 0.25) is 0 Å². The van der Waals surface area contributed by atoms with E-state index in [0.29, 0.717) is 6.29 Å². The van der Waals surface area contributed by atoms with Gasteiger partial charge in [0.25, 0.3) is 0 Å². The second-order valence-electron chi connectivity index (χ2n) is 10.2. The highest BCUT2D eigenvalue weighted by Crippen LogP contribution is 2.42. The predicted octanol–water partition coefficient (Wildman–Crippen LogP) is 9.73. The summed E-state index contributed by atoms with van der Waals surface area (Å²) < 4.78 is 13.4. The fourth-order valence-electron chi connectivity index (χ4n) is 5.94. The van der Waals surface area contributed by atoms with Crippen LogP contribution in [0.15, 0.2) is 106 Å². The molecule has 2 heterocycles. The van der Waals surface area contributed by atoms with Gasteiger partial charge in [-0.2, -0.15) is 0 Å². The van der Waals surface area contributed by atoms with E-state index < -0.39 is 8.01 Å². The highest BCUT2D eigenvalue weighted by atomic mass is 31.1. The molecule has 38 heavy (non-hydrogen) atoms. The number of rotatable bonds is 3. The van der Waals surface area contributed by atoms with Crippen molar-refractivity contribution in [1.29, 1.82) is 0 Å². The molecule has 0 saturated carbocycles. The van der Waals surface area contributed by atoms with Gasteiger partial charge < -0.3 is 18.2 Å². The van der Waals surface area contributed by atoms with Crippen molar-refractivity contribution >= 4 is 57.2 Å². The van der Waals surface area contributed by atoms with Gasteiger partial charge in [0.15, 0.2) is 0 Å². The van der Waals surface area contributed by atoms with Gasteiger partial charge in [0.1, 0.15) is 17.5 Å². The molecule has 0 atom stereocenters. The van der Waals surface area contributed by atoms with Gasteiger partial charge >= 0.3 is 0 Å². The molecule has 0 amide bonds. The van der Waals surface area contributed by atoms with Crippen LogP contribution in [-0.4, -0.2) is 11.6 Å². The minimum absolute atomic E-state index is 0.671. The topological polar surface area (TPSA) is 32.8 Å². The van der Waals surface area contributed by atoms with Crippen LogP contribution in [0.3, 0.4) is 0 Å². The Balaban J connectivity index is 1.37. The number of benzene rings is 5. The molecule has 1 aromatic heterocycles. The van der Waals surface area contributed by atoms with Gasteiger partial charge in [0, 0.05) is 28.9 Å². The Morgan fingerprint density at radius 1 is 0.684 bits per heavy atom. The van der Waals surface area contributed by atoms with E-state index in [2.05, 4.69) is 128 Å². The summed E-state index contributed by atoms with van der Waals surface area (Å²) in [6, 6.07) is 30.1. The monoisotopic (exact) mass is 516 g/mol. The molecule has 1 aliphatic heterocycles. The zero-order valence-electron chi connectivity index (χ0n) is 21.8. The van der Waals surface area contributed by atoms with Crippen LogP contribution in [0.1, 0.15) is 16.7 Å². The second-order valence-corrected chi connectivity index (χ2v) is 11.5. The highest BCUT2D eigenvalue weighted by Gasteiger charge is 2.20. The minimum atomic E-state index is -1.25. The lowest BCUT2D eigenvalue weighted by atomic mass is 9.99. The van der Waals surface area contributed by atoms with Crippen LogP contribution in [0.4, 0.5) is 5.69 Å². The Morgan fingerprint density at radius 2 is 1.24 bits per heavy atom. The Bertz CT molecular complexity index is 1820. The molecule has 0 saturated heterocycles. The summed E-state index contributed by atoms with van der Waals surface area (Å²) in [5.74, 6) is 0. The van der Waals surface area contributed by atoms with Gasteiger partial charge in [-0.05, 0) is 65.6 Å². The number of aryl methyl sites for hydroxylation is 3. The smallest absolute Gasteiger partial charge is 0.237 e. The Labute approximate surface area is 222 Å². The maximum Gasteiger partial charge on any atom is 0.237 e. The summed E-state index contributed by atoms with van der Waals surface area (Å²) in [6.07, 6.45) is 4.99. The van der Waals surface area contributed by atoms with Gasteiger partial charge in [-0.3, -0.25) is 0 Å². The zero-order valence-corrected chi connectivity index (χ0v) is 22.7. The quantitative estimate of drug-likeness (QED) is 0.234. The Morgan fingerprint density at radius 3 is 1.82 bits per heavy atom. The fraction of sp³-hybridized carbons (Fsp3) is 0.152. The first kappa shape index (κ1) is 23.0. The highest BCUT2D eigenvalue weighted by molar-refractivity contribution is 7.36. The van der Waals surface area contributed by atoms with Crippen LogP contribution >= 0.6 is 8.01 Å². The molecule has 0 unspecified atom stereocenters. The van der Waals surface area contributed by atoms with Crippen molar-refractivity contribution in [3.8, 4) is 0 Å². The van der Waals surface area contributed by atoms with Gasteiger partial charge in [0.2, 0.25) is 8.01 Å². The van der Waals surface area contributed by atoms with Gasteiger partial charge in [-0.25, -0.2) is 0 Å². The third-order valence-electron chi connectivity index (χ3n) is 7.44. The predicted molar refractivity (Wildman–Crippen MR) is 160 cm³/mol. The van der Waals surface area contributed by atoms with Crippen molar-refractivity contribution < 1.29 is 8.39 Å². The summed E-state index contributed by atoms with van der Waals surface area (Å²) in [7, 11) is -1.25. The molecule has 0 N–H and O–H groups in total. The van der Waals surface area contributed by atoms with E-state index in [1.807, 2.05) is 0 Å². The zero-order chi connectivity index (χ0) is 25.8. The van der Waals surface area contributed by atoms with Crippen molar-refractivity contribution in [1.82, 2.24) is 4.90 Å². The lowest BCUT2D eigenvalue weighted by Gasteiger charge is -2.24. The average Bonchev–Trinajstić information content (AvgIpc) is 3.28. The van der Waals surface area contributed by atoms with Gasteiger partial charge in [-0.15, -0.1) is 0 Å². The molecule has 1 aliphatic rings. The van der Waals surface area contributed by atoms with E-state index in [1.54, 1.807) is 0 Å². The third kappa shape index (κ3) is 3.84. The van der Waals surface area contributed by atoms with Crippen molar-refractivity contribution in [3.63, 3.8) is 0 Å². The number of fused-ring (bicyclic) bond motifs is 7. The SMILES string of the molecule is Cc1cc(C)c(N2C=CN(Cp3oc4ccc5ccccc5c4c4c(ccc5ccccc54)o3)C2)c(C)c1. The lowest BCUT2D eigenvalue weighted by Crippen LogP contribution is -2.24. The first-order chi connectivity index (χ1) is 18.5. The molecule has 6 aromatic rings. The number of hydrogen-bond acceptors (Lipinski definition) is 4. The summed E-state index contributed by atoms with van der Waals surface area (Å²) in [6.45, 7) is 7.30. The van der Waals surface area contributed by atoms with Gasteiger partial charge in [-0.1, -0.05) is 78.4 Å². The Hall–Kier alpha value is -4.14. The van der Waals surface area contributed by atoms with Crippen LogP contribution in [0, 0.1) is 20.8 Å². The molecule has 0 spiro atoms. The van der Waals surface area contributed by atoms with Crippen molar-refractivity contribution in [2.24, 2.45) is 0 Å². The van der Waals surface area contributed by atoms with E-state index in [1.165, 1.54) is 43.9 Å². The second kappa shape index (κ2) is 9.01. The summed E-state index contributed by atoms with van der Waals surface area (Å²) in [4.78, 5) is 4.61. The molecule has 0 aliphatic carbocycles. The standard InChI is InChI=1S/C33H29N2O2P/c1-22-18-23(2)33(24(3)19-22)35-17-16-34(20-35)21-38-36-29-14-12-25-8-4-6-10-27(25)31(29)32-28-11-7-5-9-26(28)13-15-30(32)37-38/h4-19H,20-21H2,1-3H3. The largest absolute Gasteiger partial charge is 0.418 e. The summed E-state index contributed by atoms with van der Waals surface area (Å²) in [5, 5.41) is 6.99. The molecular formula is C33H29N2O2P. The van der Waals surface area contributed by atoms with Crippen molar-refractivity contribution in [2.45, 2.75) is 27.1 Å². The molecular weight excluding hydrogens is 487 g/mol. The Kier molecular flexibility index (Phi) is 5.45. The van der Waals surface area contributed by atoms with E-state index in [4.69, 9.17) is 8.39 Å². The molecule has 5 heteroatoms. The number of hydrogen-bond donors (Lipinski definition) is 0. The van der Waals surface area contributed by atoms with Crippen LogP contribution < -0.4 is 4.90 Å². The van der Waals surface area contributed by atoms with Crippen molar-refractivity contribution in [2.75, 3.05) is 11.6 Å². The molecule has 7 rings (SSSR count). The maximum absolute atomic E-state index is 6.71. The average molecular weight is 517 g/mol. The first-order valence-corrected chi connectivity index (χ1v) is 14.4. The van der Waals surface area contributed by atoms with Crippen molar-refractivity contribution in [3.05, 3.63) is 114 Å². The normalized spacial score (nSPS) is 13.4. The molecule has 0 fully saturated rings. The maximum atomic E-state index is 6.71. The van der Waals surface area contributed by atoms with E-state index in [-0.39, 0.29) is 0 Å². The molecule has 188 valence electrons. The molecule has 4 nitrogen and oxygen atoms in total. The van der Waals surface area contributed by atoms with E-state index >= 15 is 0 Å². The molecule has 0 radical (unpaired) electrons. The summed E-state index contributed by atoms with van der Waals surface area (Å²) >= 11 is 0. The van der Waals surface area contributed by atoms with Crippen LogP contribution in [-0.2, 0) is 6.29 Å². The van der Waals surface area contributed by atoms with Crippen LogP contribution in [0.25, 0.3) is 43.5 Å². The molecule has 5 aromatic carbocycles. The lowest BCUT2D eigenvalue weighted by molar-refractivity contribution is 0.420. The van der Waals surface area contributed by atoms with E-state index in [9.17, 15) is 0 Å². The van der Waals surface area contributed by atoms with Gasteiger partial charge in [0.05, 0.1) is 6.67 Å². The van der Waals surface area contributed by atoms with Crippen LogP contribution in [0.5, 0.6) is 0 Å².